The van der Waals surface area contributed by atoms with Crippen molar-refractivity contribution in [1.29, 1.82) is 0 Å². The molecule has 6 rings (SSSR count). The second kappa shape index (κ2) is 8.67. The molecule has 36 heavy (non-hydrogen) atoms. The Morgan fingerprint density at radius 1 is 1.06 bits per heavy atom. The fourth-order valence-corrected chi connectivity index (χ4v) is 4.52. The maximum absolute atomic E-state index is 14.6. The normalized spacial score (nSPS) is 12.7. The Hall–Kier alpha value is -4.41. The Kier molecular flexibility index (Phi) is 5.32. The van der Waals surface area contributed by atoms with Gasteiger partial charge in [0.1, 0.15) is 17.0 Å². The van der Waals surface area contributed by atoms with Crippen molar-refractivity contribution in [3.05, 3.63) is 72.4 Å². The molecule has 0 radical (unpaired) electrons. The third kappa shape index (κ3) is 3.92. The molecule has 0 saturated carbocycles. The molecule has 0 saturated heterocycles. The van der Waals surface area contributed by atoms with Crippen molar-refractivity contribution in [2.24, 2.45) is 5.73 Å². The van der Waals surface area contributed by atoms with Gasteiger partial charge in [-0.25, -0.2) is 14.4 Å². The van der Waals surface area contributed by atoms with E-state index in [-0.39, 0.29) is 11.9 Å². The van der Waals surface area contributed by atoms with Crippen molar-refractivity contribution in [2.75, 3.05) is 20.6 Å². The summed E-state index contributed by atoms with van der Waals surface area (Å²) in [6.07, 6.45) is 5.30. The first-order chi connectivity index (χ1) is 17.5. The number of rotatable bonds is 6. The molecule has 5 N–H and O–H groups in total. The molecule has 4 heterocycles. The third-order valence-corrected chi connectivity index (χ3v) is 6.22. The average molecular weight is 482 g/mol. The molecule has 180 valence electrons. The SMILES string of the molecule is CN(C)CC(N)c1cc(F)cc(-c2ccnc3[nH]c(-c4n[nH]c5ccc(-c6cn[nH]c6)cc45)nc23)c1. The largest absolute Gasteiger partial charge is 0.323 e. The predicted octanol–water partition coefficient (Wildman–Crippen LogP) is 4.26. The summed E-state index contributed by atoms with van der Waals surface area (Å²) < 4.78 is 14.6. The van der Waals surface area contributed by atoms with Gasteiger partial charge in [-0.1, -0.05) is 6.07 Å². The van der Waals surface area contributed by atoms with Crippen LogP contribution < -0.4 is 5.73 Å². The lowest BCUT2D eigenvalue weighted by Crippen LogP contribution is -2.26. The molecule has 1 unspecified atom stereocenters. The van der Waals surface area contributed by atoms with E-state index < -0.39 is 0 Å². The monoisotopic (exact) mass is 481 g/mol. The number of pyridine rings is 1. The summed E-state index contributed by atoms with van der Waals surface area (Å²) in [5, 5.41) is 15.4. The van der Waals surface area contributed by atoms with Crippen LogP contribution in [0.25, 0.3) is 55.8 Å². The molecule has 0 fully saturated rings. The summed E-state index contributed by atoms with van der Waals surface area (Å²) >= 11 is 0. The van der Waals surface area contributed by atoms with Gasteiger partial charge < -0.3 is 15.6 Å². The number of likely N-dealkylation sites (N-methyl/N-ethyl adjacent to an activating group) is 1. The van der Waals surface area contributed by atoms with Crippen molar-refractivity contribution in [2.45, 2.75) is 6.04 Å². The van der Waals surface area contributed by atoms with Gasteiger partial charge in [0.15, 0.2) is 11.5 Å². The fraction of sp³-hybridized carbons (Fsp3) is 0.154. The van der Waals surface area contributed by atoms with E-state index in [1.807, 2.05) is 55.5 Å². The van der Waals surface area contributed by atoms with Gasteiger partial charge in [0, 0.05) is 41.5 Å². The lowest BCUT2D eigenvalue weighted by molar-refractivity contribution is 0.376. The molecular weight excluding hydrogens is 457 g/mol. The molecule has 2 aromatic carbocycles. The molecule has 6 aromatic rings. The van der Waals surface area contributed by atoms with E-state index in [9.17, 15) is 4.39 Å². The topological polar surface area (TPSA) is 128 Å². The van der Waals surface area contributed by atoms with Crippen LogP contribution in [0.2, 0.25) is 0 Å². The number of nitrogens with zero attached hydrogens (tertiary/aromatic N) is 5. The zero-order valence-corrected chi connectivity index (χ0v) is 19.7. The van der Waals surface area contributed by atoms with E-state index in [1.165, 1.54) is 12.1 Å². The summed E-state index contributed by atoms with van der Waals surface area (Å²) in [7, 11) is 3.88. The van der Waals surface area contributed by atoms with Crippen molar-refractivity contribution in [3.8, 4) is 33.8 Å². The summed E-state index contributed by atoms with van der Waals surface area (Å²) in [4.78, 5) is 14.6. The maximum atomic E-state index is 14.6. The van der Waals surface area contributed by atoms with Crippen LogP contribution in [0.3, 0.4) is 0 Å². The van der Waals surface area contributed by atoms with Crippen molar-refractivity contribution in [1.82, 2.24) is 40.2 Å². The van der Waals surface area contributed by atoms with E-state index in [0.717, 1.165) is 33.2 Å². The van der Waals surface area contributed by atoms with E-state index in [4.69, 9.17) is 10.7 Å². The molecule has 10 heteroatoms. The van der Waals surface area contributed by atoms with Crippen LogP contribution in [-0.4, -0.2) is 60.9 Å². The highest BCUT2D eigenvalue weighted by Gasteiger charge is 2.18. The zero-order valence-electron chi connectivity index (χ0n) is 19.7. The van der Waals surface area contributed by atoms with Crippen molar-refractivity contribution in [3.63, 3.8) is 0 Å². The van der Waals surface area contributed by atoms with Crippen molar-refractivity contribution < 1.29 is 4.39 Å². The summed E-state index contributed by atoms with van der Waals surface area (Å²) in [5.41, 5.74) is 13.3. The summed E-state index contributed by atoms with van der Waals surface area (Å²) in [6, 6.07) is 12.5. The summed E-state index contributed by atoms with van der Waals surface area (Å²) in [6.45, 7) is 0.605. The molecular formula is C26H24FN9. The molecule has 0 amide bonds. The van der Waals surface area contributed by atoms with E-state index in [1.54, 1.807) is 12.4 Å². The molecule has 0 aliphatic carbocycles. The molecule has 0 aliphatic heterocycles. The van der Waals surface area contributed by atoms with Gasteiger partial charge in [0.2, 0.25) is 0 Å². The summed E-state index contributed by atoms with van der Waals surface area (Å²) in [5.74, 6) is 0.226. The molecule has 0 spiro atoms. The number of hydrogen-bond donors (Lipinski definition) is 4. The maximum Gasteiger partial charge on any atom is 0.160 e. The van der Waals surface area contributed by atoms with Gasteiger partial charge >= 0.3 is 0 Å². The van der Waals surface area contributed by atoms with Crippen LogP contribution in [0.1, 0.15) is 11.6 Å². The van der Waals surface area contributed by atoms with Gasteiger partial charge in [-0.3, -0.25) is 10.2 Å². The van der Waals surface area contributed by atoms with Gasteiger partial charge in [0.05, 0.1) is 11.7 Å². The Balaban J connectivity index is 1.45. The second-order valence-electron chi connectivity index (χ2n) is 9.10. The van der Waals surface area contributed by atoms with Crippen LogP contribution >= 0.6 is 0 Å². The standard InChI is InChI=1S/C26H24FN9/c1-36(2)13-21(28)16-7-15(8-18(27)9-16)19-5-6-29-25-23(19)32-26(33-25)24-20-10-14(17-11-30-31-12-17)3-4-22(20)34-35-24/h3-12,21H,13,28H2,1-2H3,(H,30,31)(H,34,35)(H,29,32,33). The minimum Gasteiger partial charge on any atom is -0.323 e. The Morgan fingerprint density at radius 3 is 2.75 bits per heavy atom. The lowest BCUT2D eigenvalue weighted by atomic mass is 9.99. The number of nitrogens with one attached hydrogen (secondary N) is 3. The van der Waals surface area contributed by atoms with Gasteiger partial charge in [0.25, 0.3) is 0 Å². The van der Waals surface area contributed by atoms with Crippen LogP contribution in [0.15, 0.2) is 61.1 Å². The Bertz CT molecular complexity index is 1680. The first kappa shape index (κ1) is 22.1. The van der Waals surface area contributed by atoms with E-state index in [0.29, 0.717) is 34.8 Å². The first-order valence-corrected chi connectivity index (χ1v) is 11.5. The minimum absolute atomic E-state index is 0.318. The van der Waals surface area contributed by atoms with Gasteiger partial charge in [-0.2, -0.15) is 10.2 Å². The fourth-order valence-electron chi connectivity index (χ4n) is 4.52. The van der Waals surface area contributed by atoms with Crippen LogP contribution in [0.4, 0.5) is 4.39 Å². The number of imidazole rings is 1. The minimum atomic E-state index is -0.345. The number of aromatic amines is 3. The highest BCUT2D eigenvalue weighted by Crippen LogP contribution is 2.33. The van der Waals surface area contributed by atoms with Crippen LogP contribution in [-0.2, 0) is 0 Å². The molecule has 0 aliphatic rings. The molecule has 9 nitrogen and oxygen atoms in total. The van der Waals surface area contributed by atoms with Gasteiger partial charge in [-0.15, -0.1) is 0 Å². The average Bonchev–Trinajstić information content (AvgIpc) is 3.61. The number of hydrogen-bond acceptors (Lipinski definition) is 6. The number of halogens is 1. The smallest absolute Gasteiger partial charge is 0.160 e. The van der Waals surface area contributed by atoms with Crippen LogP contribution in [0, 0.1) is 5.82 Å². The molecule has 1 atom stereocenters. The number of H-pyrrole nitrogens is 3. The molecule has 0 bridgehead atoms. The quantitative estimate of drug-likeness (QED) is 0.281. The third-order valence-electron chi connectivity index (χ3n) is 6.22. The highest BCUT2D eigenvalue weighted by atomic mass is 19.1. The number of benzene rings is 2. The molecule has 4 aromatic heterocycles. The first-order valence-electron chi connectivity index (χ1n) is 11.5. The van der Waals surface area contributed by atoms with Gasteiger partial charge in [-0.05, 0) is 67.2 Å². The van der Waals surface area contributed by atoms with E-state index >= 15 is 0 Å². The Morgan fingerprint density at radius 2 is 1.94 bits per heavy atom. The predicted molar refractivity (Wildman–Crippen MR) is 137 cm³/mol. The van der Waals surface area contributed by atoms with Crippen LogP contribution in [0.5, 0.6) is 0 Å². The highest BCUT2D eigenvalue weighted by molar-refractivity contribution is 5.97. The number of fused-ring (bicyclic) bond motifs is 2. The second-order valence-corrected chi connectivity index (χ2v) is 9.10. The number of nitrogens with two attached hydrogens (primary N) is 1. The lowest BCUT2D eigenvalue weighted by Gasteiger charge is -2.18. The number of aromatic nitrogens is 7. The van der Waals surface area contributed by atoms with E-state index in [2.05, 4.69) is 30.4 Å². The van der Waals surface area contributed by atoms with Crippen molar-refractivity contribution >= 4 is 22.1 Å². The Labute approximate surface area is 205 Å². The zero-order chi connectivity index (χ0) is 24.8.